The van der Waals surface area contributed by atoms with Gasteiger partial charge in [0.2, 0.25) is 10.1 Å². The molecule has 3 aromatic rings. The summed E-state index contributed by atoms with van der Waals surface area (Å²) < 4.78 is 7.20. The molecule has 0 saturated heterocycles. The molecular formula is C15H16ClN5O2S. The van der Waals surface area contributed by atoms with Crippen molar-refractivity contribution in [2.24, 2.45) is 0 Å². The van der Waals surface area contributed by atoms with E-state index in [2.05, 4.69) is 20.6 Å². The van der Waals surface area contributed by atoms with Gasteiger partial charge in [0.15, 0.2) is 6.61 Å². The molecule has 0 spiro atoms. The molecule has 0 aliphatic carbocycles. The molecule has 0 aliphatic rings. The summed E-state index contributed by atoms with van der Waals surface area (Å²) in [5.41, 5.74) is 1.88. The van der Waals surface area contributed by atoms with E-state index >= 15 is 0 Å². The number of nitrogens with one attached hydrogen (secondary N) is 1. The minimum absolute atomic E-state index is 0.110. The lowest BCUT2D eigenvalue weighted by atomic mass is 10.0. The number of anilines is 1. The van der Waals surface area contributed by atoms with Gasteiger partial charge in [0.25, 0.3) is 5.91 Å². The Morgan fingerprint density at radius 1 is 1.46 bits per heavy atom. The van der Waals surface area contributed by atoms with E-state index in [1.165, 1.54) is 22.2 Å². The van der Waals surface area contributed by atoms with Crippen LogP contribution in [0.1, 0.15) is 30.9 Å². The third kappa shape index (κ3) is 3.49. The minimum Gasteiger partial charge on any atom is -0.483 e. The van der Waals surface area contributed by atoms with Gasteiger partial charge in [0.1, 0.15) is 12.1 Å². The highest BCUT2D eigenvalue weighted by atomic mass is 35.5. The van der Waals surface area contributed by atoms with Crippen molar-refractivity contribution in [3.05, 3.63) is 34.6 Å². The zero-order chi connectivity index (χ0) is 17.3. The summed E-state index contributed by atoms with van der Waals surface area (Å²) in [6.45, 7) is 5.89. The van der Waals surface area contributed by atoms with Crippen LogP contribution in [0.3, 0.4) is 0 Å². The van der Waals surface area contributed by atoms with E-state index in [4.69, 9.17) is 16.3 Å². The van der Waals surface area contributed by atoms with Crippen LogP contribution in [0.15, 0.2) is 18.5 Å². The number of rotatable bonds is 5. The zero-order valence-electron chi connectivity index (χ0n) is 13.4. The number of hydrogen-bond donors (Lipinski definition) is 1. The Balaban J connectivity index is 1.67. The Morgan fingerprint density at radius 2 is 2.25 bits per heavy atom. The van der Waals surface area contributed by atoms with E-state index in [0.717, 1.165) is 11.1 Å². The van der Waals surface area contributed by atoms with Gasteiger partial charge in [0.05, 0.1) is 0 Å². The van der Waals surface area contributed by atoms with Crippen LogP contribution in [0.2, 0.25) is 5.02 Å². The van der Waals surface area contributed by atoms with Crippen molar-refractivity contribution >= 4 is 38.9 Å². The highest BCUT2D eigenvalue weighted by Gasteiger charge is 2.14. The van der Waals surface area contributed by atoms with E-state index in [-0.39, 0.29) is 18.4 Å². The third-order valence-electron chi connectivity index (χ3n) is 3.40. The first kappa shape index (κ1) is 16.7. The summed E-state index contributed by atoms with van der Waals surface area (Å²) in [4.78, 5) is 12.7. The number of amides is 1. The van der Waals surface area contributed by atoms with Crippen molar-refractivity contribution in [2.45, 2.75) is 26.7 Å². The van der Waals surface area contributed by atoms with Crippen LogP contribution in [0.4, 0.5) is 5.13 Å². The summed E-state index contributed by atoms with van der Waals surface area (Å²) in [5.74, 6) is 0.614. The van der Waals surface area contributed by atoms with Crippen molar-refractivity contribution in [1.82, 2.24) is 19.8 Å². The molecular weight excluding hydrogens is 350 g/mol. The largest absolute Gasteiger partial charge is 0.483 e. The van der Waals surface area contributed by atoms with Crippen LogP contribution in [0, 0.1) is 6.92 Å². The summed E-state index contributed by atoms with van der Waals surface area (Å²) in [6.07, 6.45) is 1.48. The number of aryl methyl sites for hydroxylation is 1. The molecule has 0 aliphatic heterocycles. The van der Waals surface area contributed by atoms with Gasteiger partial charge >= 0.3 is 0 Å². The molecule has 0 radical (unpaired) electrons. The Labute approximate surface area is 147 Å². The van der Waals surface area contributed by atoms with Crippen molar-refractivity contribution in [3.8, 4) is 5.75 Å². The highest BCUT2D eigenvalue weighted by molar-refractivity contribution is 7.20. The van der Waals surface area contributed by atoms with Crippen molar-refractivity contribution in [1.29, 1.82) is 0 Å². The standard InChI is InChI=1S/C15H16ClN5O2S/c1-8(2)10-5-11(16)9(3)4-12(10)23-6-13(22)18-14-20-21-7-17-19-15(21)24-14/h4-5,7-8H,6H2,1-3H3,(H,18,20,22). The fourth-order valence-corrected chi connectivity index (χ4v) is 3.06. The predicted octanol–water partition coefficient (Wildman–Crippen LogP) is 3.29. The molecule has 126 valence electrons. The molecule has 0 saturated carbocycles. The van der Waals surface area contributed by atoms with Crippen LogP contribution in [-0.4, -0.2) is 32.3 Å². The number of carbonyl (C=O) groups is 1. The molecule has 9 heteroatoms. The van der Waals surface area contributed by atoms with E-state index in [0.29, 0.717) is 20.9 Å². The number of hydrogen-bond acceptors (Lipinski definition) is 6. The first-order valence-electron chi connectivity index (χ1n) is 7.33. The van der Waals surface area contributed by atoms with Crippen molar-refractivity contribution < 1.29 is 9.53 Å². The SMILES string of the molecule is Cc1cc(OCC(=O)Nc2nn3cnnc3s2)c(C(C)C)cc1Cl. The van der Waals surface area contributed by atoms with Gasteiger partial charge in [-0.1, -0.05) is 36.8 Å². The van der Waals surface area contributed by atoms with Crippen LogP contribution in [0.5, 0.6) is 5.75 Å². The average Bonchev–Trinajstić information content (AvgIpc) is 3.09. The van der Waals surface area contributed by atoms with Crippen LogP contribution < -0.4 is 10.1 Å². The van der Waals surface area contributed by atoms with Gasteiger partial charge in [-0.2, -0.15) is 4.52 Å². The van der Waals surface area contributed by atoms with E-state index in [1.54, 1.807) is 0 Å². The number of benzene rings is 1. The molecule has 1 amide bonds. The van der Waals surface area contributed by atoms with E-state index in [9.17, 15) is 4.79 Å². The molecule has 2 aromatic heterocycles. The Morgan fingerprint density at radius 3 is 2.96 bits per heavy atom. The number of ether oxygens (including phenoxy) is 1. The number of halogens is 1. The number of nitrogens with zero attached hydrogens (tertiary/aromatic N) is 4. The normalized spacial score (nSPS) is 11.2. The molecule has 7 nitrogen and oxygen atoms in total. The molecule has 2 heterocycles. The summed E-state index contributed by atoms with van der Waals surface area (Å²) >= 11 is 7.41. The first-order chi connectivity index (χ1) is 11.4. The van der Waals surface area contributed by atoms with Gasteiger partial charge in [0, 0.05) is 5.02 Å². The second-order valence-electron chi connectivity index (χ2n) is 5.60. The number of aromatic nitrogens is 4. The highest BCUT2D eigenvalue weighted by Crippen LogP contribution is 2.32. The Kier molecular flexibility index (Phi) is 4.68. The molecule has 0 unspecified atom stereocenters. The van der Waals surface area contributed by atoms with Crippen LogP contribution >= 0.6 is 22.9 Å². The lowest BCUT2D eigenvalue weighted by Crippen LogP contribution is -2.20. The van der Waals surface area contributed by atoms with Gasteiger partial charge in [-0.3, -0.25) is 10.1 Å². The summed E-state index contributed by atoms with van der Waals surface area (Å²) in [5, 5.41) is 15.5. The Bertz CT molecular complexity index is 861. The Hall–Kier alpha value is -2.19. The third-order valence-corrected chi connectivity index (χ3v) is 4.64. The molecule has 3 rings (SSSR count). The van der Waals surface area contributed by atoms with Gasteiger partial charge < -0.3 is 4.74 Å². The van der Waals surface area contributed by atoms with Crippen molar-refractivity contribution in [2.75, 3.05) is 11.9 Å². The average molecular weight is 366 g/mol. The fraction of sp³-hybridized carbons (Fsp3) is 0.333. The number of carbonyl (C=O) groups excluding carboxylic acids is 1. The fourth-order valence-electron chi connectivity index (χ4n) is 2.16. The topological polar surface area (TPSA) is 81.4 Å². The molecule has 0 bridgehead atoms. The van der Waals surface area contributed by atoms with Crippen molar-refractivity contribution in [3.63, 3.8) is 0 Å². The van der Waals surface area contributed by atoms with Gasteiger partial charge in [-0.15, -0.1) is 15.3 Å². The molecule has 24 heavy (non-hydrogen) atoms. The molecule has 0 atom stereocenters. The summed E-state index contributed by atoms with van der Waals surface area (Å²) in [6, 6.07) is 3.74. The first-order valence-corrected chi connectivity index (χ1v) is 8.53. The predicted molar refractivity (Wildman–Crippen MR) is 93.1 cm³/mol. The minimum atomic E-state index is -0.290. The molecule has 0 fully saturated rings. The van der Waals surface area contributed by atoms with Gasteiger partial charge in [-0.05, 0) is 36.1 Å². The maximum atomic E-state index is 12.1. The summed E-state index contributed by atoms with van der Waals surface area (Å²) in [7, 11) is 0. The smallest absolute Gasteiger partial charge is 0.264 e. The number of fused-ring (bicyclic) bond motifs is 1. The van der Waals surface area contributed by atoms with Gasteiger partial charge in [-0.25, -0.2) is 0 Å². The maximum Gasteiger partial charge on any atom is 0.264 e. The van der Waals surface area contributed by atoms with E-state index in [1.807, 2.05) is 32.9 Å². The lowest BCUT2D eigenvalue weighted by Gasteiger charge is -2.15. The second-order valence-corrected chi connectivity index (χ2v) is 6.96. The maximum absolute atomic E-state index is 12.1. The second kappa shape index (κ2) is 6.74. The van der Waals surface area contributed by atoms with E-state index < -0.39 is 0 Å². The molecule has 1 N–H and O–H groups in total. The molecule has 1 aromatic carbocycles. The zero-order valence-corrected chi connectivity index (χ0v) is 15.0. The van der Waals surface area contributed by atoms with Crippen LogP contribution in [-0.2, 0) is 4.79 Å². The van der Waals surface area contributed by atoms with Crippen LogP contribution in [0.25, 0.3) is 4.96 Å². The quantitative estimate of drug-likeness (QED) is 0.750. The monoisotopic (exact) mass is 365 g/mol. The lowest BCUT2D eigenvalue weighted by molar-refractivity contribution is -0.118.